The summed E-state index contributed by atoms with van der Waals surface area (Å²) in [6.07, 6.45) is 2.06. The second-order valence-corrected chi connectivity index (χ2v) is 6.08. The number of amides is 1. The molecule has 0 bridgehead atoms. The van der Waals surface area contributed by atoms with E-state index >= 15 is 0 Å². The molecule has 140 valence electrons. The number of nitrogens with one attached hydrogen (secondary N) is 1. The molecule has 2 rings (SSSR count). The van der Waals surface area contributed by atoms with Gasteiger partial charge in [-0.2, -0.15) is 0 Å². The van der Waals surface area contributed by atoms with E-state index in [0.717, 1.165) is 25.1 Å². The molecule has 0 aliphatic heterocycles. The van der Waals surface area contributed by atoms with Gasteiger partial charge in [0, 0.05) is 31.4 Å². The first-order valence-corrected chi connectivity index (χ1v) is 9.01. The molecule has 0 aromatic heterocycles. The molecule has 5 heteroatoms. The zero-order valence-electron chi connectivity index (χ0n) is 15.8. The SMILES string of the molecule is CCCCOc1ccc(C(=O)NCCN(C)c2ccccc2)cc1OC. The van der Waals surface area contributed by atoms with Gasteiger partial charge in [0.25, 0.3) is 5.91 Å². The van der Waals surface area contributed by atoms with Crippen molar-refractivity contribution in [1.82, 2.24) is 5.32 Å². The van der Waals surface area contributed by atoms with Crippen LogP contribution in [-0.4, -0.2) is 39.8 Å². The van der Waals surface area contributed by atoms with E-state index in [0.29, 0.717) is 30.2 Å². The predicted molar refractivity (Wildman–Crippen MR) is 105 cm³/mol. The topological polar surface area (TPSA) is 50.8 Å². The van der Waals surface area contributed by atoms with E-state index in [4.69, 9.17) is 9.47 Å². The number of benzene rings is 2. The van der Waals surface area contributed by atoms with Gasteiger partial charge in [-0.3, -0.25) is 4.79 Å². The molecule has 0 saturated carbocycles. The molecule has 0 aliphatic rings. The van der Waals surface area contributed by atoms with Crippen molar-refractivity contribution in [2.75, 3.05) is 38.8 Å². The van der Waals surface area contributed by atoms with Gasteiger partial charge in [-0.15, -0.1) is 0 Å². The summed E-state index contributed by atoms with van der Waals surface area (Å²) >= 11 is 0. The van der Waals surface area contributed by atoms with E-state index in [-0.39, 0.29) is 5.91 Å². The Morgan fingerprint density at radius 3 is 2.58 bits per heavy atom. The molecule has 0 heterocycles. The summed E-state index contributed by atoms with van der Waals surface area (Å²) in [7, 11) is 3.59. The summed E-state index contributed by atoms with van der Waals surface area (Å²) in [5.74, 6) is 1.13. The third-order valence-electron chi connectivity index (χ3n) is 4.11. The molecule has 26 heavy (non-hydrogen) atoms. The number of rotatable bonds is 10. The van der Waals surface area contributed by atoms with E-state index < -0.39 is 0 Å². The van der Waals surface area contributed by atoms with Crippen LogP contribution in [0.5, 0.6) is 11.5 Å². The molecular formula is C21H28N2O3. The smallest absolute Gasteiger partial charge is 0.251 e. The van der Waals surface area contributed by atoms with Crippen molar-refractivity contribution < 1.29 is 14.3 Å². The van der Waals surface area contributed by atoms with Gasteiger partial charge in [-0.05, 0) is 36.8 Å². The number of hydrogen-bond donors (Lipinski definition) is 1. The minimum absolute atomic E-state index is 0.120. The number of hydrogen-bond acceptors (Lipinski definition) is 4. The fourth-order valence-electron chi connectivity index (χ4n) is 2.51. The Labute approximate surface area is 155 Å². The number of ether oxygens (including phenoxy) is 2. The van der Waals surface area contributed by atoms with Gasteiger partial charge in [0.15, 0.2) is 11.5 Å². The van der Waals surface area contributed by atoms with Crippen molar-refractivity contribution in [2.24, 2.45) is 0 Å². The Morgan fingerprint density at radius 2 is 1.88 bits per heavy atom. The molecule has 1 N–H and O–H groups in total. The number of methoxy groups -OCH3 is 1. The third-order valence-corrected chi connectivity index (χ3v) is 4.11. The van der Waals surface area contributed by atoms with Gasteiger partial charge in [-0.1, -0.05) is 31.5 Å². The van der Waals surface area contributed by atoms with E-state index in [1.54, 1.807) is 25.3 Å². The number of likely N-dealkylation sites (N-methyl/N-ethyl adjacent to an activating group) is 1. The quantitative estimate of drug-likeness (QED) is 0.659. The molecule has 0 atom stereocenters. The molecule has 2 aromatic carbocycles. The molecule has 0 fully saturated rings. The van der Waals surface area contributed by atoms with Crippen LogP contribution < -0.4 is 19.7 Å². The zero-order valence-corrected chi connectivity index (χ0v) is 15.8. The highest BCUT2D eigenvalue weighted by molar-refractivity contribution is 5.94. The number of carbonyl (C=O) groups is 1. The Bertz CT molecular complexity index is 689. The Balaban J connectivity index is 1.88. The fourth-order valence-corrected chi connectivity index (χ4v) is 2.51. The Morgan fingerprint density at radius 1 is 1.12 bits per heavy atom. The fraction of sp³-hybridized carbons (Fsp3) is 0.381. The van der Waals surface area contributed by atoms with Gasteiger partial charge in [0.05, 0.1) is 13.7 Å². The highest BCUT2D eigenvalue weighted by atomic mass is 16.5. The molecule has 2 aromatic rings. The standard InChI is InChI=1S/C21H28N2O3/c1-4-5-15-26-19-12-11-17(16-20(19)25-3)21(24)22-13-14-23(2)18-9-7-6-8-10-18/h6-12,16H,4-5,13-15H2,1-3H3,(H,22,24). The molecule has 0 unspecified atom stereocenters. The first-order valence-electron chi connectivity index (χ1n) is 9.01. The van der Waals surface area contributed by atoms with Crippen LogP contribution >= 0.6 is 0 Å². The van der Waals surface area contributed by atoms with Gasteiger partial charge in [-0.25, -0.2) is 0 Å². The van der Waals surface area contributed by atoms with Crippen LogP contribution in [0.1, 0.15) is 30.1 Å². The Kier molecular flexibility index (Phi) is 7.80. The summed E-state index contributed by atoms with van der Waals surface area (Å²) in [5.41, 5.74) is 1.68. The second kappa shape index (κ2) is 10.3. The monoisotopic (exact) mass is 356 g/mol. The van der Waals surface area contributed by atoms with Crippen LogP contribution in [0.4, 0.5) is 5.69 Å². The lowest BCUT2D eigenvalue weighted by Crippen LogP contribution is -2.32. The highest BCUT2D eigenvalue weighted by Gasteiger charge is 2.11. The first kappa shape index (κ1) is 19.6. The molecule has 0 spiro atoms. The van der Waals surface area contributed by atoms with Crippen LogP contribution in [-0.2, 0) is 0 Å². The normalized spacial score (nSPS) is 10.3. The van der Waals surface area contributed by atoms with Crippen LogP contribution in [0.2, 0.25) is 0 Å². The summed E-state index contributed by atoms with van der Waals surface area (Å²) < 4.78 is 11.1. The summed E-state index contributed by atoms with van der Waals surface area (Å²) in [6.45, 7) is 4.04. The lowest BCUT2D eigenvalue weighted by molar-refractivity contribution is 0.0954. The zero-order chi connectivity index (χ0) is 18.8. The van der Waals surface area contributed by atoms with E-state index in [1.165, 1.54) is 0 Å². The molecule has 0 aliphatic carbocycles. The van der Waals surface area contributed by atoms with Crippen molar-refractivity contribution in [3.8, 4) is 11.5 Å². The molecule has 1 amide bonds. The van der Waals surface area contributed by atoms with Crippen LogP contribution in [0.3, 0.4) is 0 Å². The summed E-state index contributed by atoms with van der Waals surface area (Å²) in [5, 5.41) is 2.95. The average molecular weight is 356 g/mol. The maximum Gasteiger partial charge on any atom is 0.251 e. The number of unbranched alkanes of at least 4 members (excludes halogenated alkanes) is 1. The number of nitrogens with zero attached hydrogens (tertiary/aromatic N) is 1. The van der Waals surface area contributed by atoms with Gasteiger partial charge < -0.3 is 19.7 Å². The largest absolute Gasteiger partial charge is 0.493 e. The second-order valence-electron chi connectivity index (χ2n) is 6.08. The van der Waals surface area contributed by atoms with E-state index in [2.05, 4.69) is 17.1 Å². The highest BCUT2D eigenvalue weighted by Crippen LogP contribution is 2.28. The first-order chi connectivity index (χ1) is 12.7. The predicted octanol–water partition coefficient (Wildman–Crippen LogP) is 3.74. The summed E-state index contributed by atoms with van der Waals surface area (Å²) in [6, 6.07) is 15.4. The maximum absolute atomic E-state index is 12.4. The lowest BCUT2D eigenvalue weighted by atomic mass is 10.2. The van der Waals surface area contributed by atoms with E-state index in [1.807, 2.05) is 37.4 Å². The Hall–Kier alpha value is -2.69. The van der Waals surface area contributed by atoms with Crippen molar-refractivity contribution >= 4 is 11.6 Å². The van der Waals surface area contributed by atoms with Crippen molar-refractivity contribution in [3.05, 3.63) is 54.1 Å². The maximum atomic E-state index is 12.4. The lowest BCUT2D eigenvalue weighted by Gasteiger charge is -2.19. The van der Waals surface area contributed by atoms with Gasteiger partial charge in [0.1, 0.15) is 0 Å². The van der Waals surface area contributed by atoms with Crippen LogP contribution in [0.25, 0.3) is 0 Å². The number of anilines is 1. The average Bonchev–Trinajstić information content (AvgIpc) is 2.68. The van der Waals surface area contributed by atoms with Crippen LogP contribution in [0, 0.1) is 0 Å². The molecule has 0 saturated heterocycles. The van der Waals surface area contributed by atoms with E-state index in [9.17, 15) is 4.79 Å². The minimum atomic E-state index is -0.120. The number of para-hydroxylation sites is 1. The number of carbonyl (C=O) groups excluding carboxylic acids is 1. The molecular weight excluding hydrogens is 328 g/mol. The van der Waals surface area contributed by atoms with Crippen LogP contribution in [0.15, 0.2) is 48.5 Å². The van der Waals surface area contributed by atoms with Gasteiger partial charge in [0.2, 0.25) is 0 Å². The summed E-state index contributed by atoms with van der Waals surface area (Å²) in [4.78, 5) is 14.5. The van der Waals surface area contributed by atoms with Crippen molar-refractivity contribution in [3.63, 3.8) is 0 Å². The molecule has 5 nitrogen and oxygen atoms in total. The van der Waals surface area contributed by atoms with Crippen molar-refractivity contribution in [1.29, 1.82) is 0 Å². The van der Waals surface area contributed by atoms with Gasteiger partial charge >= 0.3 is 0 Å². The van der Waals surface area contributed by atoms with Crippen molar-refractivity contribution in [2.45, 2.75) is 19.8 Å². The minimum Gasteiger partial charge on any atom is -0.493 e. The third kappa shape index (κ3) is 5.69. The molecule has 0 radical (unpaired) electrons.